The minimum Gasteiger partial charge on any atom is -0.397 e. The van der Waals surface area contributed by atoms with Crippen LogP contribution in [0.15, 0.2) is 18.2 Å². The van der Waals surface area contributed by atoms with E-state index in [2.05, 4.69) is 11.4 Å². The maximum atomic E-state index is 11.4. The number of nitrogens with two attached hydrogens (primary N) is 1. The van der Waals surface area contributed by atoms with Gasteiger partial charge in [0, 0.05) is 13.6 Å². The van der Waals surface area contributed by atoms with Crippen molar-refractivity contribution in [3.63, 3.8) is 0 Å². The maximum absolute atomic E-state index is 11.4. The van der Waals surface area contributed by atoms with Gasteiger partial charge in [0.15, 0.2) is 0 Å². The summed E-state index contributed by atoms with van der Waals surface area (Å²) in [6, 6.07) is 7.09. The topological polar surface area (TPSA) is 82.2 Å². The van der Waals surface area contributed by atoms with Gasteiger partial charge in [0.1, 0.15) is 0 Å². The maximum Gasteiger partial charge on any atom is 0.239 e. The number of likely N-dealkylation sites (N-methyl/N-ethyl adjacent to an activating group) is 2. The van der Waals surface area contributed by atoms with Crippen molar-refractivity contribution < 1.29 is 4.79 Å². The highest BCUT2D eigenvalue weighted by Crippen LogP contribution is 2.24. The van der Waals surface area contributed by atoms with Gasteiger partial charge in [-0.1, -0.05) is 0 Å². The lowest BCUT2D eigenvalue weighted by Crippen LogP contribution is -2.35. The van der Waals surface area contributed by atoms with Crippen molar-refractivity contribution in [3.05, 3.63) is 23.8 Å². The van der Waals surface area contributed by atoms with E-state index in [-0.39, 0.29) is 12.5 Å². The average Bonchev–Trinajstić information content (AvgIpc) is 2.36. The van der Waals surface area contributed by atoms with E-state index in [9.17, 15) is 4.79 Å². The van der Waals surface area contributed by atoms with Crippen LogP contribution in [0.2, 0.25) is 0 Å². The third-order valence-electron chi connectivity index (χ3n) is 2.50. The Morgan fingerprint density at radius 3 is 2.82 bits per heavy atom. The number of nitrogen functional groups attached to an aromatic ring is 1. The van der Waals surface area contributed by atoms with Gasteiger partial charge in [-0.05, 0) is 25.1 Å². The van der Waals surface area contributed by atoms with Crippen LogP contribution < -0.4 is 16.0 Å². The highest BCUT2D eigenvalue weighted by atomic mass is 16.1. The molecule has 0 aromatic heterocycles. The number of hydrogen-bond donors (Lipinski definition) is 2. The molecule has 0 bridgehead atoms. The second-order valence-corrected chi connectivity index (χ2v) is 3.57. The van der Waals surface area contributed by atoms with Crippen LogP contribution in [0, 0.1) is 11.3 Å². The van der Waals surface area contributed by atoms with Gasteiger partial charge in [-0.15, -0.1) is 0 Å². The predicted octanol–water partition coefficient (Wildman–Crippen LogP) is 0.713. The monoisotopic (exact) mass is 232 g/mol. The zero-order chi connectivity index (χ0) is 12.8. The van der Waals surface area contributed by atoms with Crippen LogP contribution in [-0.4, -0.2) is 26.0 Å². The van der Waals surface area contributed by atoms with Crippen molar-refractivity contribution in [1.82, 2.24) is 5.32 Å². The van der Waals surface area contributed by atoms with E-state index in [0.717, 1.165) is 5.69 Å². The van der Waals surface area contributed by atoms with Crippen LogP contribution >= 0.6 is 0 Å². The number of rotatable bonds is 4. The van der Waals surface area contributed by atoms with Gasteiger partial charge < -0.3 is 16.0 Å². The molecule has 0 heterocycles. The number of nitriles is 1. The molecule has 1 rings (SSSR count). The lowest BCUT2D eigenvalue weighted by atomic mass is 10.1. The molecule has 1 aromatic rings. The highest BCUT2D eigenvalue weighted by Gasteiger charge is 2.12. The molecule has 17 heavy (non-hydrogen) atoms. The number of anilines is 2. The molecule has 1 aromatic carbocycles. The summed E-state index contributed by atoms with van der Waals surface area (Å²) in [4.78, 5) is 13.2. The van der Waals surface area contributed by atoms with Gasteiger partial charge in [-0.25, -0.2) is 0 Å². The molecule has 0 fully saturated rings. The lowest BCUT2D eigenvalue weighted by molar-refractivity contribution is -0.119. The van der Waals surface area contributed by atoms with Crippen molar-refractivity contribution in [1.29, 1.82) is 5.26 Å². The third-order valence-corrected chi connectivity index (χ3v) is 2.50. The fraction of sp³-hybridized carbons (Fsp3) is 0.333. The van der Waals surface area contributed by atoms with Gasteiger partial charge in [-0.3, -0.25) is 4.79 Å². The first-order valence-corrected chi connectivity index (χ1v) is 5.37. The van der Waals surface area contributed by atoms with Crippen molar-refractivity contribution in [2.75, 3.05) is 30.8 Å². The van der Waals surface area contributed by atoms with Gasteiger partial charge in [-0.2, -0.15) is 5.26 Å². The fourth-order valence-electron chi connectivity index (χ4n) is 1.51. The van der Waals surface area contributed by atoms with Gasteiger partial charge >= 0.3 is 0 Å². The number of carbonyl (C=O) groups excluding carboxylic acids is 1. The summed E-state index contributed by atoms with van der Waals surface area (Å²) in [5.41, 5.74) is 7.67. The molecule has 0 radical (unpaired) electrons. The van der Waals surface area contributed by atoms with Crippen LogP contribution in [-0.2, 0) is 4.79 Å². The molecule has 90 valence electrons. The second-order valence-electron chi connectivity index (χ2n) is 3.57. The molecule has 0 saturated carbocycles. The normalized spacial score (nSPS) is 9.47. The van der Waals surface area contributed by atoms with E-state index in [0.29, 0.717) is 17.8 Å². The number of carbonyl (C=O) groups is 1. The number of nitrogens with one attached hydrogen (secondary N) is 1. The minimum absolute atomic E-state index is 0.0892. The molecule has 5 nitrogen and oxygen atoms in total. The average molecular weight is 232 g/mol. The van der Waals surface area contributed by atoms with Gasteiger partial charge in [0.25, 0.3) is 0 Å². The summed E-state index contributed by atoms with van der Waals surface area (Å²) in [7, 11) is 1.59. The first-order chi connectivity index (χ1) is 8.12. The van der Waals surface area contributed by atoms with Crippen molar-refractivity contribution in [3.8, 4) is 6.07 Å². The molecular weight excluding hydrogens is 216 g/mol. The molecule has 3 N–H and O–H groups in total. The Morgan fingerprint density at radius 1 is 1.59 bits per heavy atom. The molecule has 0 spiro atoms. The highest BCUT2D eigenvalue weighted by molar-refractivity contribution is 5.83. The van der Waals surface area contributed by atoms with Gasteiger partial charge in [0.05, 0.1) is 29.6 Å². The van der Waals surface area contributed by atoms with Crippen molar-refractivity contribution >= 4 is 17.3 Å². The zero-order valence-corrected chi connectivity index (χ0v) is 10.0. The zero-order valence-electron chi connectivity index (χ0n) is 10.0. The summed E-state index contributed by atoms with van der Waals surface area (Å²) in [6.45, 7) is 2.81. The summed E-state index contributed by atoms with van der Waals surface area (Å²) in [6.07, 6.45) is 0. The third kappa shape index (κ3) is 3.11. The van der Waals surface area contributed by atoms with Crippen LogP contribution in [0.5, 0.6) is 0 Å². The van der Waals surface area contributed by atoms with E-state index in [1.807, 2.05) is 11.8 Å². The molecular formula is C12H16N4O. The first-order valence-electron chi connectivity index (χ1n) is 5.37. The standard InChI is InChI=1S/C12H16N4O/c1-3-16(8-12(17)15-2)11-6-9(7-13)4-5-10(11)14/h4-6H,3,8,14H2,1-2H3,(H,15,17). The number of nitrogens with zero attached hydrogens (tertiary/aromatic N) is 2. The molecule has 1 amide bonds. The quantitative estimate of drug-likeness (QED) is 0.749. The number of benzene rings is 1. The van der Waals surface area contributed by atoms with Crippen molar-refractivity contribution in [2.24, 2.45) is 0 Å². The van der Waals surface area contributed by atoms with Crippen LogP contribution in [0.3, 0.4) is 0 Å². The number of amides is 1. The van der Waals surface area contributed by atoms with Crippen LogP contribution in [0.4, 0.5) is 11.4 Å². The minimum atomic E-state index is -0.0892. The smallest absolute Gasteiger partial charge is 0.239 e. The predicted molar refractivity (Wildman–Crippen MR) is 67.5 cm³/mol. The molecule has 5 heteroatoms. The Morgan fingerprint density at radius 2 is 2.29 bits per heavy atom. The Balaban J connectivity index is 3.02. The van der Waals surface area contributed by atoms with E-state index in [1.165, 1.54) is 0 Å². The van der Waals surface area contributed by atoms with Crippen LogP contribution in [0.25, 0.3) is 0 Å². The Hall–Kier alpha value is -2.22. The molecule has 0 unspecified atom stereocenters. The summed E-state index contributed by atoms with van der Waals surface area (Å²) >= 11 is 0. The summed E-state index contributed by atoms with van der Waals surface area (Å²) < 4.78 is 0. The molecule has 0 aliphatic carbocycles. The van der Waals surface area contributed by atoms with E-state index in [1.54, 1.807) is 25.2 Å². The SMILES string of the molecule is CCN(CC(=O)NC)c1cc(C#N)ccc1N. The first kappa shape index (κ1) is 12.8. The Labute approximate surface area is 101 Å². The fourth-order valence-corrected chi connectivity index (χ4v) is 1.51. The molecule has 0 atom stereocenters. The summed E-state index contributed by atoms with van der Waals surface area (Å²) in [5.74, 6) is -0.0892. The molecule has 0 saturated heterocycles. The Bertz CT molecular complexity index is 450. The molecule has 0 aliphatic rings. The van der Waals surface area contributed by atoms with Crippen molar-refractivity contribution in [2.45, 2.75) is 6.92 Å². The van der Waals surface area contributed by atoms with E-state index < -0.39 is 0 Å². The summed E-state index contributed by atoms with van der Waals surface area (Å²) in [5, 5.41) is 11.4. The van der Waals surface area contributed by atoms with Crippen LogP contribution in [0.1, 0.15) is 12.5 Å². The number of hydrogen-bond acceptors (Lipinski definition) is 4. The second kappa shape index (κ2) is 5.75. The molecule has 0 aliphatic heterocycles. The Kier molecular flexibility index (Phi) is 4.35. The van der Waals surface area contributed by atoms with E-state index in [4.69, 9.17) is 11.0 Å². The largest absolute Gasteiger partial charge is 0.397 e. The van der Waals surface area contributed by atoms with E-state index >= 15 is 0 Å². The van der Waals surface area contributed by atoms with Gasteiger partial charge in [0.2, 0.25) is 5.91 Å². The lowest BCUT2D eigenvalue weighted by Gasteiger charge is -2.23.